The Bertz CT molecular complexity index is 438. The van der Waals surface area contributed by atoms with Gasteiger partial charge in [0.05, 0.1) is 16.1 Å². The highest BCUT2D eigenvalue weighted by molar-refractivity contribution is 7.80. The normalized spacial score (nSPS) is 18.7. The lowest BCUT2D eigenvalue weighted by molar-refractivity contribution is 0.114. The molecular formula is C11H13Cl2N3OS. The molecule has 1 saturated heterocycles. The van der Waals surface area contributed by atoms with Gasteiger partial charge in [-0.05, 0) is 31.1 Å². The van der Waals surface area contributed by atoms with Crippen molar-refractivity contribution >= 4 is 46.4 Å². The summed E-state index contributed by atoms with van der Waals surface area (Å²) >= 11 is 16.9. The maximum atomic E-state index is 5.98. The molecule has 4 nitrogen and oxygen atoms in total. The van der Waals surface area contributed by atoms with E-state index in [1.807, 2.05) is 0 Å². The van der Waals surface area contributed by atoms with Gasteiger partial charge in [0.1, 0.15) is 0 Å². The molecule has 1 aliphatic heterocycles. The van der Waals surface area contributed by atoms with E-state index in [1.54, 1.807) is 6.07 Å². The van der Waals surface area contributed by atoms with Crippen molar-refractivity contribution in [1.82, 2.24) is 10.3 Å². The number of anilines is 1. The first-order valence-corrected chi connectivity index (χ1v) is 6.79. The Kier molecular flexibility index (Phi) is 5.00. The Morgan fingerprint density at radius 2 is 2.39 bits per heavy atom. The second-order valence-corrected chi connectivity index (χ2v) is 5.21. The van der Waals surface area contributed by atoms with Crippen molar-refractivity contribution in [3.8, 4) is 0 Å². The van der Waals surface area contributed by atoms with Gasteiger partial charge in [0, 0.05) is 19.3 Å². The number of pyridine rings is 1. The van der Waals surface area contributed by atoms with Gasteiger partial charge in [0.2, 0.25) is 0 Å². The minimum atomic E-state index is 0.235. The van der Waals surface area contributed by atoms with Crippen molar-refractivity contribution in [2.75, 3.05) is 18.5 Å². The van der Waals surface area contributed by atoms with Crippen LogP contribution in [0, 0.1) is 0 Å². The summed E-state index contributed by atoms with van der Waals surface area (Å²) in [7, 11) is 0. The summed E-state index contributed by atoms with van der Waals surface area (Å²) in [5.74, 6) is 0.492. The molecule has 0 radical (unpaired) electrons. The van der Waals surface area contributed by atoms with Gasteiger partial charge in [-0.25, -0.2) is 4.98 Å². The molecule has 1 aromatic heterocycles. The van der Waals surface area contributed by atoms with E-state index in [1.165, 1.54) is 6.20 Å². The minimum Gasteiger partial charge on any atom is -0.376 e. The number of thiocarbonyl (C=S) groups is 1. The fourth-order valence-corrected chi connectivity index (χ4v) is 2.28. The number of rotatable bonds is 3. The summed E-state index contributed by atoms with van der Waals surface area (Å²) in [5.41, 5.74) is 0. The third-order valence-electron chi connectivity index (χ3n) is 2.55. The van der Waals surface area contributed by atoms with Crippen LogP contribution in [0.4, 0.5) is 5.82 Å². The maximum Gasteiger partial charge on any atom is 0.172 e. The molecule has 2 N–H and O–H groups in total. The molecule has 0 bridgehead atoms. The molecule has 1 fully saturated rings. The molecule has 0 saturated carbocycles. The van der Waals surface area contributed by atoms with Gasteiger partial charge in [0.15, 0.2) is 10.9 Å². The zero-order valence-corrected chi connectivity index (χ0v) is 11.9. The molecule has 1 atom stereocenters. The van der Waals surface area contributed by atoms with E-state index < -0.39 is 0 Å². The van der Waals surface area contributed by atoms with Gasteiger partial charge in [-0.1, -0.05) is 23.2 Å². The molecule has 7 heteroatoms. The first kappa shape index (κ1) is 13.8. The number of nitrogens with one attached hydrogen (secondary N) is 2. The molecule has 2 rings (SSSR count). The highest BCUT2D eigenvalue weighted by atomic mass is 35.5. The number of halogens is 2. The lowest BCUT2D eigenvalue weighted by Gasteiger charge is -2.14. The van der Waals surface area contributed by atoms with Gasteiger partial charge in [0.25, 0.3) is 0 Å². The molecule has 18 heavy (non-hydrogen) atoms. The molecular weight excluding hydrogens is 293 g/mol. The van der Waals surface area contributed by atoms with E-state index in [0.717, 1.165) is 19.4 Å². The average molecular weight is 306 g/mol. The van der Waals surface area contributed by atoms with E-state index in [0.29, 0.717) is 27.5 Å². The molecule has 0 spiro atoms. The number of nitrogens with zero attached hydrogens (tertiary/aromatic N) is 1. The van der Waals surface area contributed by atoms with Crippen molar-refractivity contribution in [3.63, 3.8) is 0 Å². The van der Waals surface area contributed by atoms with Crippen LogP contribution in [0.3, 0.4) is 0 Å². The minimum absolute atomic E-state index is 0.235. The molecule has 0 aromatic carbocycles. The summed E-state index contributed by atoms with van der Waals surface area (Å²) in [6.07, 6.45) is 3.92. The lowest BCUT2D eigenvalue weighted by atomic mass is 10.2. The first-order valence-electron chi connectivity index (χ1n) is 5.62. The van der Waals surface area contributed by atoms with Crippen LogP contribution in [0.25, 0.3) is 0 Å². The molecule has 98 valence electrons. The fraction of sp³-hybridized carbons (Fsp3) is 0.455. The Balaban J connectivity index is 1.82. The van der Waals surface area contributed by atoms with Gasteiger partial charge in [-0.3, -0.25) is 0 Å². The maximum absolute atomic E-state index is 5.98. The Hall–Kier alpha value is -0.620. The lowest BCUT2D eigenvalue weighted by Crippen LogP contribution is -2.35. The highest BCUT2D eigenvalue weighted by Crippen LogP contribution is 2.22. The summed E-state index contributed by atoms with van der Waals surface area (Å²) in [5, 5.41) is 7.40. The summed E-state index contributed by atoms with van der Waals surface area (Å²) < 4.78 is 5.48. The van der Waals surface area contributed by atoms with Crippen LogP contribution in [0.15, 0.2) is 12.3 Å². The number of hydrogen-bond acceptors (Lipinski definition) is 3. The van der Waals surface area contributed by atoms with Gasteiger partial charge >= 0.3 is 0 Å². The SMILES string of the molecule is S=C(NC[C@H]1CCCO1)Nc1ncc(Cl)cc1Cl. The van der Waals surface area contributed by atoms with E-state index in [4.69, 9.17) is 40.2 Å². The van der Waals surface area contributed by atoms with E-state index in [-0.39, 0.29) is 6.10 Å². The molecule has 1 aromatic rings. The summed E-state index contributed by atoms with van der Waals surface area (Å²) in [6, 6.07) is 1.61. The Morgan fingerprint density at radius 1 is 1.56 bits per heavy atom. The van der Waals surface area contributed by atoms with E-state index >= 15 is 0 Å². The monoisotopic (exact) mass is 305 g/mol. The Labute approximate surface area is 121 Å². The molecule has 0 unspecified atom stereocenters. The van der Waals surface area contributed by atoms with Crippen molar-refractivity contribution in [2.45, 2.75) is 18.9 Å². The predicted octanol–water partition coefficient (Wildman–Crippen LogP) is 2.85. The second-order valence-electron chi connectivity index (χ2n) is 3.95. The van der Waals surface area contributed by atoms with Crippen LogP contribution in [0.2, 0.25) is 10.0 Å². The third kappa shape index (κ3) is 3.95. The summed E-state index contributed by atoms with van der Waals surface area (Å²) in [6.45, 7) is 1.52. The smallest absolute Gasteiger partial charge is 0.172 e. The third-order valence-corrected chi connectivity index (χ3v) is 3.30. The molecule has 2 heterocycles. The predicted molar refractivity (Wildman–Crippen MR) is 77.5 cm³/mol. The fourth-order valence-electron chi connectivity index (χ4n) is 1.67. The van der Waals surface area contributed by atoms with E-state index in [9.17, 15) is 0 Å². The van der Waals surface area contributed by atoms with Crippen molar-refractivity contribution < 1.29 is 4.74 Å². The highest BCUT2D eigenvalue weighted by Gasteiger charge is 2.15. The molecule has 0 amide bonds. The number of hydrogen-bond donors (Lipinski definition) is 2. The Morgan fingerprint density at radius 3 is 3.06 bits per heavy atom. The number of aromatic nitrogens is 1. The topological polar surface area (TPSA) is 46.2 Å². The molecule has 1 aliphatic rings. The van der Waals surface area contributed by atoms with Crippen molar-refractivity contribution in [1.29, 1.82) is 0 Å². The van der Waals surface area contributed by atoms with Gasteiger partial charge in [-0.2, -0.15) is 0 Å². The van der Waals surface area contributed by atoms with E-state index in [2.05, 4.69) is 15.6 Å². The van der Waals surface area contributed by atoms with Crippen LogP contribution in [0.1, 0.15) is 12.8 Å². The average Bonchev–Trinajstić information content (AvgIpc) is 2.83. The van der Waals surface area contributed by atoms with Crippen LogP contribution in [0.5, 0.6) is 0 Å². The van der Waals surface area contributed by atoms with Crippen LogP contribution < -0.4 is 10.6 Å². The first-order chi connectivity index (χ1) is 8.65. The van der Waals surface area contributed by atoms with Gasteiger partial charge in [-0.15, -0.1) is 0 Å². The van der Waals surface area contributed by atoms with Crippen LogP contribution in [-0.4, -0.2) is 29.4 Å². The molecule has 0 aliphatic carbocycles. The van der Waals surface area contributed by atoms with Crippen LogP contribution in [-0.2, 0) is 4.74 Å². The zero-order valence-electron chi connectivity index (χ0n) is 9.58. The van der Waals surface area contributed by atoms with Crippen LogP contribution >= 0.6 is 35.4 Å². The second kappa shape index (κ2) is 6.52. The quantitative estimate of drug-likeness (QED) is 0.841. The summed E-state index contributed by atoms with van der Waals surface area (Å²) in [4.78, 5) is 4.06. The van der Waals surface area contributed by atoms with Gasteiger partial charge < -0.3 is 15.4 Å². The largest absolute Gasteiger partial charge is 0.376 e. The number of ether oxygens (including phenoxy) is 1. The zero-order chi connectivity index (χ0) is 13.0. The van der Waals surface area contributed by atoms with Crippen molar-refractivity contribution in [2.24, 2.45) is 0 Å². The standard InChI is InChI=1S/C11H13Cl2N3OS/c12-7-4-9(13)10(14-5-7)16-11(18)15-6-8-2-1-3-17-8/h4-5,8H,1-3,6H2,(H2,14,15,16,18)/t8-/m1/s1. The van der Waals surface area contributed by atoms with Crippen molar-refractivity contribution in [3.05, 3.63) is 22.3 Å².